The first-order chi connectivity index (χ1) is 9.77. The lowest BCUT2D eigenvalue weighted by atomic mass is 9.99. The van der Waals surface area contributed by atoms with Gasteiger partial charge in [0, 0.05) is 0 Å². The average molecular weight is 316 g/mol. The molecule has 0 aliphatic carbocycles. The molecule has 0 bridgehead atoms. The summed E-state index contributed by atoms with van der Waals surface area (Å²) in [6.45, 7) is 1.89. The third kappa shape index (κ3) is 3.78. The molecule has 0 aliphatic rings. The summed E-state index contributed by atoms with van der Waals surface area (Å²) in [4.78, 5) is 11.3. The molecule has 1 heterocycles. The van der Waals surface area contributed by atoms with Crippen LogP contribution in [0.15, 0.2) is 24.3 Å². The van der Waals surface area contributed by atoms with Gasteiger partial charge in [0.15, 0.2) is 0 Å². The highest BCUT2D eigenvalue weighted by Crippen LogP contribution is 2.34. The van der Waals surface area contributed by atoms with Crippen molar-refractivity contribution in [2.24, 2.45) is 0 Å². The number of nitrogens with zero attached hydrogens (tertiary/aromatic N) is 2. The van der Waals surface area contributed by atoms with Crippen LogP contribution in [0.1, 0.15) is 27.1 Å². The molecule has 0 amide bonds. The predicted octanol–water partition coefficient (Wildman–Crippen LogP) is 3.28. The minimum absolute atomic E-state index is 0.0715. The van der Waals surface area contributed by atoms with Gasteiger partial charge in [0.1, 0.15) is 10.9 Å². The molecular formula is C13H11F3N2O2S. The van der Waals surface area contributed by atoms with Gasteiger partial charge in [0.25, 0.3) is 0 Å². The van der Waals surface area contributed by atoms with Crippen molar-refractivity contribution in [3.05, 3.63) is 45.4 Å². The Morgan fingerprint density at radius 3 is 2.38 bits per heavy atom. The molecule has 1 N–H and O–H groups in total. The van der Waals surface area contributed by atoms with Gasteiger partial charge in [-0.1, -0.05) is 41.2 Å². The molecule has 112 valence electrons. The zero-order chi connectivity index (χ0) is 15.6. The van der Waals surface area contributed by atoms with Gasteiger partial charge in [0.05, 0.1) is 0 Å². The second-order valence-corrected chi connectivity index (χ2v) is 5.53. The van der Waals surface area contributed by atoms with Crippen molar-refractivity contribution in [2.75, 3.05) is 0 Å². The van der Waals surface area contributed by atoms with E-state index < -0.39 is 23.1 Å². The van der Waals surface area contributed by atoms with E-state index in [0.717, 1.165) is 11.1 Å². The topological polar surface area (TPSA) is 63.1 Å². The maximum Gasteiger partial charge on any atom is 0.445 e. The maximum atomic E-state index is 12.5. The van der Waals surface area contributed by atoms with E-state index in [1.54, 1.807) is 12.1 Å². The fraction of sp³-hybridized carbons (Fsp3) is 0.308. The van der Waals surface area contributed by atoms with Crippen LogP contribution in [-0.2, 0) is 17.4 Å². The molecule has 0 saturated carbocycles. The summed E-state index contributed by atoms with van der Waals surface area (Å²) in [5.74, 6) is -2.36. The average Bonchev–Trinajstić information content (AvgIpc) is 2.87. The maximum absolute atomic E-state index is 12.5. The summed E-state index contributed by atoms with van der Waals surface area (Å²) in [6, 6.07) is 7.12. The second-order valence-electron chi connectivity index (χ2n) is 4.52. The molecule has 0 saturated heterocycles. The molecule has 1 atom stereocenters. The lowest BCUT2D eigenvalue weighted by Gasteiger charge is -2.09. The van der Waals surface area contributed by atoms with E-state index in [9.17, 15) is 23.1 Å². The van der Waals surface area contributed by atoms with Gasteiger partial charge >= 0.3 is 12.1 Å². The molecule has 1 aromatic heterocycles. The van der Waals surface area contributed by atoms with E-state index in [1.165, 1.54) is 0 Å². The van der Waals surface area contributed by atoms with Crippen LogP contribution in [0.5, 0.6) is 0 Å². The molecule has 0 aliphatic heterocycles. The Morgan fingerprint density at radius 1 is 1.29 bits per heavy atom. The van der Waals surface area contributed by atoms with Crippen LogP contribution in [0.4, 0.5) is 13.2 Å². The highest BCUT2D eigenvalue weighted by molar-refractivity contribution is 7.11. The van der Waals surface area contributed by atoms with Gasteiger partial charge in [-0.25, -0.2) is 0 Å². The normalized spacial score (nSPS) is 13.1. The fourth-order valence-corrected chi connectivity index (χ4v) is 2.53. The number of carboxylic acids is 1. The Bertz CT molecular complexity index is 638. The minimum atomic E-state index is -4.61. The summed E-state index contributed by atoms with van der Waals surface area (Å²) in [5.41, 5.74) is 1.73. The quantitative estimate of drug-likeness (QED) is 0.940. The Kier molecular flexibility index (Phi) is 4.26. The van der Waals surface area contributed by atoms with Gasteiger partial charge in [0.2, 0.25) is 5.01 Å². The summed E-state index contributed by atoms with van der Waals surface area (Å²) in [6.07, 6.45) is -4.54. The van der Waals surface area contributed by atoms with Gasteiger partial charge in [-0.15, -0.1) is 10.2 Å². The predicted molar refractivity (Wildman–Crippen MR) is 70.2 cm³/mol. The van der Waals surface area contributed by atoms with Crippen molar-refractivity contribution in [2.45, 2.75) is 25.4 Å². The number of aryl methyl sites for hydroxylation is 1. The number of carbonyl (C=O) groups is 1. The highest BCUT2D eigenvalue weighted by Gasteiger charge is 2.37. The molecule has 1 aromatic carbocycles. The minimum Gasteiger partial charge on any atom is -0.481 e. The van der Waals surface area contributed by atoms with Crippen molar-refractivity contribution in [3.8, 4) is 0 Å². The zero-order valence-corrected chi connectivity index (χ0v) is 11.7. The van der Waals surface area contributed by atoms with Crippen LogP contribution < -0.4 is 0 Å². The van der Waals surface area contributed by atoms with E-state index in [2.05, 4.69) is 10.2 Å². The van der Waals surface area contributed by atoms with Crippen LogP contribution in [0, 0.1) is 6.92 Å². The van der Waals surface area contributed by atoms with E-state index >= 15 is 0 Å². The van der Waals surface area contributed by atoms with Crippen LogP contribution in [-0.4, -0.2) is 21.3 Å². The molecule has 2 aromatic rings. The first-order valence-corrected chi connectivity index (χ1v) is 6.78. The van der Waals surface area contributed by atoms with Crippen molar-refractivity contribution >= 4 is 17.3 Å². The molecule has 8 heteroatoms. The molecule has 4 nitrogen and oxygen atoms in total. The van der Waals surface area contributed by atoms with Crippen molar-refractivity contribution in [3.63, 3.8) is 0 Å². The van der Waals surface area contributed by atoms with E-state index in [0.29, 0.717) is 0 Å². The highest BCUT2D eigenvalue weighted by atomic mass is 32.1. The first kappa shape index (κ1) is 15.4. The number of aliphatic carboxylic acids is 1. The number of benzene rings is 1. The number of hydrogen-bond donors (Lipinski definition) is 1. The van der Waals surface area contributed by atoms with E-state index in [-0.39, 0.29) is 22.8 Å². The molecule has 1 unspecified atom stereocenters. The standard InChI is InChI=1S/C13H11F3N2O2S/c1-7-2-4-8(5-3-7)6-9(11(19)20)10-17-18-12(21-10)13(14,15)16/h2-5,9H,6H2,1H3,(H,19,20). The SMILES string of the molecule is Cc1ccc(CC(C(=O)O)c2nnc(C(F)(F)F)s2)cc1. The number of rotatable bonds is 4. The van der Waals surface area contributed by atoms with Crippen LogP contribution in [0.25, 0.3) is 0 Å². The summed E-state index contributed by atoms with van der Waals surface area (Å²) in [7, 11) is 0. The van der Waals surface area contributed by atoms with Gasteiger partial charge in [-0.05, 0) is 18.9 Å². The Labute approximate surface area is 122 Å². The molecule has 21 heavy (non-hydrogen) atoms. The van der Waals surface area contributed by atoms with E-state index in [1.807, 2.05) is 19.1 Å². The fourth-order valence-electron chi connectivity index (χ4n) is 1.73. The van der Waals surface area contributed by atoms with Gasteiger partial charge in [-0.3, -0.25) is 4.79 Å². The van der Waals surface area contributed by atoms with Gasteiger partial charge in [-0.2, -0.15) is 13.2 Å². The lowest BCUT2D eigenvalue weighted by molar-refractivity contribution is -0.139. The monoisotopic (exact) mass is 316 g/mol. The van der Waals surface area contributed by atoms with Gasteiger partial charge < -0.3 is 5.11 Å². The van der Waals surface area contributed by atoms with Crippen LogP contribution >= 0.6 is 11.3 Å². The number of aromatic nitrogens is 2. The lowest BCUT2D eigenvalue weighted by Crippen LogP contribution is -2.14. The van der Waals surface area contributed by atoms with Crippen molar-refractivity contribution < 1.29 is 23.1 Å². The van der Waals surface area contributed by atoms with E-state index in [4.69, 9.17) is 0 Å². The molecule has 0 fully saturated rings. The third-order valence-corrected chi connectivity index (χ3v) is 3.92. The molecule has 0 radical (unpaired) electrons. The number of alkyl halides is 3. The van der Waals surface area contributed by atoms with Crippen molar-refractivity contribution in [1.82, 2.24) is 10.2 Å². The Morgan fingerprint density at radius 2 is 1.90 bits per heavy atom. The Balaban J connectivity index is 2.25. The van der Waals surface area contributed by atoms with Crippen molar-refractivity contribution in [1.29, 1.82) is 0 Å². The number of hydrogen-bond acceptors (Lipinski definition) is 4. The summed E-state index contributed by atoms with van der Waals surface area (Å²) in [5, 5.41) is 14.3. The molecule has 2 rings (SSSR count). The third-order valence-electron chi connectivity index (χ3n) is 2.84. The van der Waals surface area contributed by atoms with Crippen LogP contribution in [0.3, 0.4) is 0 Å². The van der Waals surface area contributed by atoms with Crippen LogP contribution in [0.2, 0.25) is 0 Å². The smallest absolute Gasteiger partial charge is 0.445 e. The first-order valence-electron chi connectivity index (χ1n) is 5.96. The summed E-state index contributed by atoms with van der Waals surface area (Å²) < 4.78 is 37.5. The molecular weight excluding hydrogens is 305 g/mol. The number of carboxylic acid groups (broad SMARTS) is 1. The zero-order valence-electron chi connectivity index (χ0n) is 10.9. The number of halogens is 3. The second kappa shape index (κ2) is 5.80. The summed E-state index contributed by atoms with van der Waals surface area (Å²) >= 11 is 0.271. The largest absolute Gasteiger partial charge is 0.481 e. The molecule has 0 spiro atoms. The Hall–Kier alpha value is -1.96.